The standard InChI is InChI=1S/C20H18ClF3N8O2S/c1-35(33,34)32-6-4-12(5-7-32)28-19-26-9-13(20(22,23)24)18(30-19)15-10-31(11-27-15)16-2-3-17(21)29-14(16)8-25/h2-3,9-12H,4-7H2,1H3,(H,26,28,30). The fourth-order valence-corrected chi connectivity index (χ4v) is 4.69. The summed E-state index contributed by atoms with van der Waals surface area (Å²) in [6.07, 6.45) is 0.516. The number of nitrogens with one attached hydrogen (secondary N) is 1. The van der Waals surface area contributed by atoms with Crippen molar-refractivity contribution in [2.45, 2.75) is 25.1 Å². The number of imidazole rings is 1. The van der Waals surface area contributed by atoms with Crippen molar-refractivity contribution in [1.29, 1.82) is 5.26 Å². The van der Waals surface area contributed by atoms with Crippen LogP contribution in [0.4, 0.5) is 19.1 Å². The Morgan fingerprint density at radius 2 is 1.91 bits per heavy atom. The third kappa shape index (κ3) is 5.53. The highest BCUT2D eigenvalue weighted by atomic mass is 35.5. The molecule has 0 aromatic carbocycles. The molecule has 1 saturated heterocycles. The van der Waals surface area contributed by atoms with Crippen molar-refractivity contribution >= 4 is 27.6 Å². The normalized spacial score (nSPS) is 15.7. The van der Waals surface area contributed by atoms with Crippen LogP contribution in [-0.2, 0) is 16.2 Å². The summed E-state index contributed by atoms with van der Waals surface area (Å²) in [5, 5.41) is 12.4. The number of piperidine rings is 1. The van der Waals surface area contributed by atoms with Crippen molar-refractivity contribution < 1.29 is 21.6 Å². The molecule has 0 amide bonds. The number of nitrogens with zero attached hydrogens (tertiary/aromatic N) is 7. The van der Waals surface area contributed by atoms with Crippen LogP contribution >= 0.6 is 11.6 Å². The molecule has 10 nitrogen and oxygen atoms in total. The van der Waals surface area contributed by atoms with Crippen molar-refractivity contribution in [3.8, 4) is 23.1 Å². The van der Waals surface area contributed by atoms with Crippen LogP contribution in [0.25, 0.3) is 17.1 Å². The highest BCUT2D eigenvalue weighted by molar-refractivity contribution is 7.88. The molecule has 0 aliphatic carbocycles. The van der Waals surface area contributed by atoms with Gasteiger partial charge in [0, 0.05) is 31.5 Å². The monoisotopic (exact) mass is 526 g/mol. The topological polar surface area (TPSA) is 130 Å². The van der Waals surface area contributed by atoms with Crippen molar-refractivity contribution in [2.24, 2.45) is 0 Å². The average Bonchev–Trinajstić information content (AvgIpc) is 3.28. The number of pyridine rings is 1. The fourth-order valence-electron chi connectivity index (χ4n) is 3.66. The molecular weight excluding hydrogens is 509 g/mol. The molecule has 1 aliphatic rings. The van der Waals surface area contributed by atoms with E-state index >= 15 is 0 Å². The summed E-state index contributed by atoms with van der Waals surface area (Å²) in [5.41, 5.74) is -1.34. The Hall–Kier alpha value is -3.28. The zero-order valence-corrected chi connectivity index (χ0v) is 19.7. The van der Waals surface area contributed by atoms with Gasteiger partial charge in [-0.2, -0.15) is 18.4 Å². The van der Waals surface area contributed by atoms with Gasteiger partial charge < -0.3 is 9.88 Å². The quantitative estimate of drug-likeness (QED) is 0.502. The number of anilines is 1. The Bertz CT molecular complexity index is 1400. The molecule has 15 heteroatoms. The number of halogens is 4. The summed E-state index contributed by atoms with van der Waals surface area (Å²) in [6.45, 7) is 0.565. The summed E-state index contributed by atoms with van der Waals surface area (Å²) in [4.78, 5) is 15.9. The van der Waals surface area contributed by atoms with Gasteiger partial charge in [-0.1, -0.05) is 11.6 Å². The summed E-state index contributed by atoms with van der Waals surface area (Å²) in [7, 11) is -3.31. The van der Waals surface area contributed by atoms with E-state index in [-0.39, 0.29) is 47.3 Å². The first-order valence-corrected chi connectivity index (χ1v) is 12.5. The summed E-state index contributed by atoms with van der Waals surface area (Å²) in [6, 6.07) is 4.62. The zero-order valence-electron chi connectivity index (χ0n) is 18.2. The van der Waals surface area contributed by atoms with Gasteiger partial charge in [0.25, 0.3) is 0 Å². The number of alkyl halides is 3. The third-order valence-corrected chi connectivity index (χ3v) is 6.91. The van der Waals surface area contributed by atoms with Gasteiger partial charge >= 0.3 is 6.18 Å². The molecular formula is C20H18ClF3N8O2S. The summed E-state index contributed by atoms with van der Waals surface area (Å²) in [5.74, 6) is -0.0359. The lowest BCUT2D eigenvalue weighted by atomic mass is 10.1. The van der Waals surface area contributed by atoms with Crippen LogP contribution in [0.3, 0.4) is 0 Å². The van der Waals surface area contributed by atoms with Crippen molar-refractivity contribution in [1.82, 2.24) is 28.8 Å². The number of nitriles is 1. The molecule has 1 aliphatic heterocycles. The highest BCUT2D eigenvalue weighted by Gasteiger charge is 2.36. The Labute approximate surface area is 203 Å². The highest BCUT2D eigenvalue weighted by Crippen LogP contribution is 2.36. The lowest BCUT2D eigenvalue weighted by Gasteiger charge is -2.30. The van der Waals surface area contributed by atoms with Crippen LogP contribution in [0.15, 0.2) is 30.9 Å². The average molecular weight is 527 g/mol. The minimum atomic E-state index is -4.74. The van der Waals surface area contributed by atoms with E-state index in [9.17, 15) is 26.9 Å². The molecule has 0 atom stereocenters. The van der Waals surface area contributed by atoms with E-state index in [0.29, 0.717) is 19.0 Å². The summed E-state index contributed by atoms with van der Waals surface area (Å²) < 4.78 is 67.2. The predicted octanol–water partition coefficient (Wildman–Crippen LogP) is 3.10. The molecule has 0 bridgehead atoms. The lowest BCUT2D eigenvalue weighted by molar-refractivity contribution is -0.137. The molecule has 4 heterocycles. The maximum absolute atomic E-state index is 13.7. The number of hydrogen-bond donors (Lipinski definition) is 1. The molecule has 0 radical (unpaired) electrons. The SMILES string of the molecule is CS(=O)(=O)N1CCC(Nc2ncc(C(F)(F)F)c(-c3cn(-c4ccc(Cl)nc4C#N)cn3)n2)CC1. The predicted molar refractivity (Wildman–Crippen MR) is 120 cm³/mol. The lowest BCUT2D eigenvalue weighted by Crippen LogP contribution is -2.42. The first kappa shape index (κ1) is 24.8. The van der Waals surface area contributed by atoms with Crippen LogP contribution < -0.4 is 5.32 Å². The molecule has 35 heavy (non-hydrogen) atoms. The molecule has 3 aromatic rings. The number of rotatable bonds is 5. The van der Waals surface area contributed by atoms with E-state index in [2.05, 4.69) is 25.3 Å². The largest absolute Gasteiger partial charge is 0.420 e. The van der Waals surface area contributed by atoms with Crippen LogP contribution in [0, 0.1) is 11.3 Å². The number of aromatic nitrogens is 5. The minimum absolute atomic E-state index is 0.0250. The van der Waals surface area contributed by atoms with E-state index in [1.165, 1.54) is 33.5 Å². The van der Waals surface area contributed by atoms with Crippen LogP contribution in [-0.4, -0.2) is 62.6 Å². The third-order valence-electron chi connectivity index (χ3n) is 5.40. The molecule has 1 fully saturated rings. The fraction of sp³-hybridized carbons (Fsp3) is 0.350. The van der Waals surface area contributed by atoms with Gasteiger partial charge in [-0.3, -0.25) is 0 Å². The van der Waals surface area contributed by atoms with Crippen molar-refractivity contribution in [2.75, 3.05) is 24.7 Å². The second-order valence-corrected chi connectivity index (χ2v) is 10.2. The maximum atomic E-state index is 13.7. The van der Waals surface area contributed by atoms with Gasteiger partial charge in [-0.15, -0.1) is 0 Å². The van der Waals surface area contributed by atoms with Crippen molar-refractivity contribution in [3.63, 3.8) is 0 Å². The van der Waals surface area contributed by atoms with Crippen LogP contribution in [0.1, 0.15) is 24.1 Å². The van der Waals surface area contributed by atoms with E-state index in [4.69, 9.17) is 11.6 Å². The Kier molecular flexibility index (Phi) is 6.67. The van der Waals surface area contributed by atoms with Gasteiger partial charge in [0.2, 0.25) is 16.0 Å². The Balaban J connectivity index is 1.64. The Morgan fingerprint density at radius 3 is 2.54 bits per heavy atom. The second-order valence-electron chi connectivity index (χ2n) is 7.81. The molecule has 0 unspecified atom stereocenters. The van der Waals surface area contributed by atoms with Gasteiger partial charge in [-0.25, -0.2) is 32.7 Å². The van der Waals surface area contributed by atoms with Gasteiger partial charge in [0.15, 0.2) is 5.69 Å². The number of hydrogen-bond acceptors (Lipinski definition) is 8. The first-order valence-electron chi connectivity index (χ1n) is 10.2. The van der Waals surface area contributed by atoms with E-state index < -0.39 is 27.5 Å². The van der Waals surface area contributed by atoms with Gasteiger partial charge in [0.1, 0.15) is 34.5 Å². The molecule has 0 saturated carbocycles. The van der Waals surface area contributed by atoms with Crippen LogP contribution in [0.2, 0.25) is 5.15 Å². The van der Waals surface area contributed by atoms with Gasteiger partial charge in [-0.05, 0) is 25.0 Å². The smallest absolute Gasteiger partial charge is 0.351 e. The number of sulfonamides is 1. The molecule has 1 N–H and O–H groups in total. The van der Waals surface area contributed by atoms with E-state index in [0.717, 1.165) is 6.26 Å². The first-order chi connectivity index (χ1) is 16.5. The maximum Gasteiger partial charge on any atom is 0.420 e. The molecule has 4 rings (SSSR count). The van der Waals surface area contributed by atoms with E-state index in [1.54, 1.807) is 0 Å². The Morgan fingerprint density at radius 1 is 1.20 bits per heavy atom. The minimum Gasteiger partial charge on any atom is -0.351 e. The molecule has 184 valence electrons. The second kappa shape index (κ2) is 9.40. The van der Waals surface area contributed by atoms with Crippen LogP contribution in [0.5, 0.6) is 0 Å². The molecule has 0 spiro atoms. The van der Waals surface area contributed by atoms with Gasteiger partial charge in [0.05, 0.1) is 11.9 Å². The molecule has 3 aromatic heterocycles. The van der Waals surface area contributed by atoms with Crippen molar-refractivity contribution in [3.05, 3.63) is 47.3 Å². The zero-order chi connectivity index (χ0) is 25.4. The van der Waals surface area contributed by atoms with E-state index in [1.807, 2.05) is 6.07 Å². The summed E-state index contributed by atoms with van der Waals surface area (Å²) >= 11 is 5.81.